The van der Waals surface area contributed by atoms with Crippen LogP contribution in [-0.4, -0.2) is 43.4 Å². The minimum atomic E-state index is -3.99. The van der Waals surface area contributed by atoms with E-state index in [-0.39, 0.29) is 48.7 Å². The third-order valence-corrected chi connectivity index (χ3v) is 6.17. The van der Waals surface area contributed by atoms with Gasteiger partial charge in [-0.1, -0.05) is 39.3 Å². The van der Waals surface area contributed by atoms with Crippen molar-refractivity contribution in [2.45, 2.75) is 45.9 Å². The molecule has 240 valence electrons. The minimum absolute atomic E-state index is 0.0236. The van der Waals surface area contributed by atoms with Crippen LogP contribution in [0.1, 0.15) is 59.9 Å². The lowest BCUT2D eigenvalue weighted by atomic mass is 9.96. The predicted molar refractivity (Wildman–Crippen MR) is 163 cm³/mol. The van der Waals surface area contributed by atoms with E-state index >= 15 is 0 Å². The lowest BCUT2D eigenvalue weighted by Crippen LogP contribution is -2.36. The zero-order chi connectivity index (χ0) is 33.2. The summed E-state index contributed by atoms with van der Waals surface area (Å²) in [6.07, 6.45) is -3.83. The first-order valence-electron chi connectivity index (χ1n) is 14.0. The fraction of sp³-hybridized carbons (Fsp3) is 0.303. The third kappa shape index (κ3) is 10.9. The molecule has 3 rings (SSSR count). The quantitative estimate of drug-likeness (QED) is 0.0872. The van der Waals surface area contributed by atoms with Crippen molar-refractivity contribution >= 4 is 35.4 Å². The van der Waals surface area contributed by atoms with Gasteiger partial charge < -0.3 is 30.4 Å². The highest BCUT2D eigenvalue weighted by molar-refractivity contribution is 5.92. The number of carbonyl (C=O) groups is 3. The SMILES string of the molecule is CCCC(F)C(F)(F)Oc1ccc(C(=O)Oc2ccc(/C=C/C(=O)OCC(C)(C)COC(=O)c3cc(N)cc(N)c3)cc2)cc1. The number of halogens is 3. The topological polar surface area (TPSA) is 140 Å². The van der Waals surface area contributed by atoms with E-state index in [2.05, 4.69) is 4.74 Å². The van der Waals surface area contributed by atoms with Crippen LogP contribution < -0.4 is 20.9 Å². The van der Waals surface area contributed by atoms with E-state index in [9.17, 15) is 27.6 Å². The second kappa shape index (κ2) is 15.1. The molecule has 0 saturated heterocycles. The van der Waals surface area contributed by atoms with Crippen molar-refractivity contribution in [1.82, 2.24) is 0 Å². The molecule has 0 aliphatic rings. The minimum Gasteiger partial charge on any atom is -0.462 e. The Hall–Kier alpha value is -5.00. The molecule has 0 fully saturated rings. The number of carbonyl (C=O) groups excluding carboxylic acids is 3. The molecule has 0 bridgehead atoms. The highest BCUT2D eigenvalue weighted by Gasteiger charge is 2.42. The van der Waals surface area contributed by atoms with Crippen molar-refractivity contribution in [3.8, 4) is 11.5 Å². The van der Waals surface area contributed by atoms with Crippen LogP contribution in [0.2, 0.25) is 0 Å². The summed E-state index contributed by atoms with van der Waals surface area (Å²) in [5, 5.41) is 0. The van der Waals surface area contributed by atoms with E-state index in [4.69, 9.17) is 25.7 Å². The number of nitrogen functional groups attached to an aromatic ring is 2. The molecule has 0 aliphatic heterocycles. The Balaban J connectivity index is 1.45. The van der Waals surface area contributed by atoms with Crippen molar-refractivity contribution in [2.24, 2.45) is 5.41 Å². The highest BCUT2D eigenvalue weighted by Crippen LogP contribution is 2.29. The molecular formula is C33H35F3N2O7. The Labute approximate surface area is 258 Å². The number of alkyl halides is 3. The molecule has 0 aromatic heterocycles. The smallest absolute Gasteiger partial charge is 0.429 e. The molecule has 45 heavy (non-hydrogen) atoms. The van der Waals surface area contributed by atoms with Crippen LogP contribution >= 0.6 is 0 Å². The molecule has 0 aliphatic carbocycles. The summed E-state index contributed by atoms with van der Waals surface area (Å²) in [7, 11) is 0. The van der Waals surface area contributed by atoms with Gasteiger partial charge >= 0.3 is 24.0 Å². The van der Waals surface area contributed by atoms with Crippen LogP contribution in [0.5, 0.6) is 11.5 Å². The fourth-order valence-electron chi connectivity index (χ4n) is 3.77. The number of nitrogens with two attached hydrogens (primary N) is 2. The first-order chi connectivity index (χ1) is 21.2. The number of hydrogen-bond acceptors (Lipinski definition) is 9. The van der Waals surface area contributed by atoms with Crippen LogP contribution in [0, 0.1) is 5.41 Å². The summed E-state index contributed by atoms with van der Waals surface area (Å²) < 4.78 is 61.7. The van der Waals surface area contributed by atoms with Gasteiger partial charge in [0.15, 0.2) is 0 Å². The van der Waals surface area contributed by atoms with E-state index in [0.717, 1.165) is 12.1 Å². The Morgan fingerprint density at radius 2 is 1.40 bits per heavy atom. The number of benzene rings is 3. The highest BCUT2D eigenvalue weighted by atomic mass is 19.3. The van der Waals surface area contributed by atoms with Crippen molar-refractivity contribution in [1.29, 1.82) is 0 Å². The maximum absolute atomic E-state index is 13.8. The normalized spacial score (nSPS) is 12.4. The second-order valence-electron chi connectivity index (χ2n) is 11.0. The van der Waals surface area contributed by atoms with Crippen molar-refractivity contribution in [3.05, 3.63) is 89.5 Å². The number of anilines is 2. The van der Waals surface area contributed by atoms with Gasteiger partial charge in [0, 0.05) is 22.9 Å². The fourth-order valence-corrected chi connectivity index (χ4v) is 3.77. The van der Waals surface area contributed by atoms with Crippen LogP contribution in [0.25, 0.3) is 6.08 Å². The zero-order valence-electron chi connectivity index (χ0n) is 25.1. The third-order valence-electron chi connectivity index (χ3n) is 6.17. The summed E-state index contributed by atoms with van der Waals surface area (Å²) in [4.78, 5) is 37.0. The van der Waals surface area contributed by atoms with Crippen LogP contribution in [-0.2, 0) is 14.3 Å². The molecule has 0 heterocycles. The zero-order valence-corrected chi connectivity index (χ0v) is 25.1. The van der Waals surface area contributed by atoms with Gasteiger partial charge in [-0.15, -0.1) is 0 Å². The summed E-state index contributed by atoms with van der Waals surface area (Å²) in [6, 6.07) is 15.3. The van der Waals surface area contributed by atoms with Crippen LogP contribution in [0.3, 0.4) is 0 Å². The molecule has 0 amide bonds. The van der Waals surface area contributed by atoms with Gasteiger partial charge in [0.2, 0.25) is 6.17 Å². The van der Waals surface area contributed by atoms with E-state index in [1.54, 1.807) is 32.9 Å². The van der Waals surface area contributed by atoms with Crippen LogP contribution in [0.15, 0.2) is 72.8 Å². The van der Waals surface area contributed by atoms with E-state index in [1.165, 1.54) is 54.6 Å². The second-order valence-corrected chi connectivity index (χ2v) is 11.0. The first-order valence-corrected chi connectivity index (χ1v) is 14.0. The molecular weight excluding hydrogens is 593 g/mol. The Bertz CT molecular complexity index is 1490. The Morgan fingerprint density at radius 1 is 0.822 bits per heavy atom. The molecule has 9 nitrogen and oxygen atoms in total. The number of rotatable bonds is 14. The average Bonchev–Trinajstić information content (AvgIpc) is 2.98. The predicted octanol–water partition coefficient (Wildman–Crippen LogP) is 6.62. The van der Waals surface area contributed by atoms with Gasteiger partial charge in [-0.25, -0.2) is 18.8 Å². The summed E-state index contributed by atoms with van der Waals surface area (Å²) in [5.41, 5.74) is 12.3. The van der Waals surface area contributed by atoms with Gasteiger partial charge in [0.05, 0.1) is 24.3 Å². The van der Waals surface area contributed by atoms with Crippen molar-refractivity contribution < 1.29 is 46.5 Å². The lowest BCUT2D eigenvalue weighted by molar-refractivity contribution is -0.221. The molecule has 3 aromatic rings. The van der Waals surface area contributed by atoms with Crippen molar-refractivity contribution in [2.75, 3.05) is 24.7 Å². The van der Waals surface area contributed by atoms with Crippen molar-refractivity contribution in [3.63, 3.8) is 0 Å². The Morgan fingerprint density at radius 3 is 2.00 bits per heavy atom. The monoisotopic (exact) mass is 628 g/mol. The molecule has 1 atom stereocenters. The van der Waals surface area contributed by atoms with Gasteiger partial charge in [-0.3, -0.25) is 0 Å². The standard InChI is InChI=1S/C33H35F3N2O7/c1-4-5-28(34)33(35,36)45-27-13-9-22(10-14-27)31(41)44-26-11-6-21(7-12-26)8-15-29(39)42-19-32(2,3)20-43-30(40)23-16-24(37)18-25(38)17-23/h6-18,28H,4-5,19-20,37-38H2,1-3H3/b15-8+. The van der Waals surface area contributed by atoms with Crippen LogP contribution in [0.4, 0.5) is 24.5 Å². The number of esters is 3. The molecule has 12 heteroatoms. The van der Waals surface area contributed by atoms with Gasteiger partial charge in [-0.2, -0.15) is 8.78 Å². The van der Waals surface area contributed by atoms with E-state index in [1.807, 2.05) is 0 Å². The lowest BCUT2D eigenvalue weighted by Gasteiger charge is -2.23. The first kappa shape index (κ1) is 34.5. The maximum Gasteiger partial charge on any atom is 0.429 e. The van der Waals surface area contributed by atoms with Gasteiger partial charge in [0.1, 0.15) is 11.5 Å². The largest absolute Gasteiger partial charge is 0.462 e. The molecule has 0 spiro atoms. The maximum atomic E-state index is 13.8. The summed E-state index contributed by atoms with van der Waals surface area (Å²) in [6.45, 7) is 5.06. The van der Waals surface area contributed by atoms with E-state index < -0.39 is 35.6 Å². The molecule has 0 radical (unpaired) electrons. The van der Waals surface area contributed by atoms with Gasteiger partial charge in [0.25, 0.3) is 0 Å². The van der Waals surface area contributed by atoms with E-state index in [0.29, 0.717) is 16.9 Å². The molecule has 3 aromatic carbocycles. The summed E-state index contributed by atoms with van der Waals surface area (Å²) >= 11 is 0. The number of hydrogen-bond donors (Lipinski definition) is 2. The molecule has 4 N–H and O–H groups in total. The number of ether oxygens (including phenoxy) is 4. The van der Waals surface area contributed by atoms with Gasteiger partial charge in [-0.05, 0) is 72.7 Å². The Kier molecular flexibility index (Phi) is 11.6. The average molecular weight is 629 g/mol. The summed E-state index contributed by atoms with van der Waals surface area (Å²) in [5.74, 6) is -2.07. The molecule has 0 saturated carbocycles. The molecule has 1 unspecified atom stereocenters.